The van der Waals surface area contributed by atoms with Crippen molar-refractivity contribution in [2.75, 3.05) is 7.11 Å². The predicted molar refractivity (Wildman–Crippen MR) is 141 cm³/mol. The van der Waals surface area contributed by atoms with Crippen molar-refractivity contribution in [1.82, 2.24) is 9.88 Å². The van der Waals surface area contributed by atoms with Gasteiger partial charge in [-0.05, 0) is 98.6 Å². The van der Waals surface area contributed by atoms with Crippen molar-refractivity contribution in [3.63, 3.8) is 0 Å². The third-order valence-corrected chi connectivity index (χ3v) is 7.84. The fourth-order valence-corrected chi connectivity index (χ4v) is 5.10. The Morgan fingerprint density at radius 2 is 1.82 bits per heavy atom. The molecular formula is C25H23BrClN3O2S. The number of amides is 1. The molecule has 1 fully saturated rings. The van der Waals surface area contributed by atoms with Gasteiger partial charge >= 0.3 is 0 Å². The summed E-state index contributed by atoms with van der Waals surface area (Å²) in [4.78, 5) is 17.9. The molecule has 0 unspecified atom stereocenters. The molecule has 0 aliphatic carbocycles. The molecule has 1 amide bonds. The van der Waals surface area contributed by atoms with Crippen LogP contribution in [0.25, 0.3) is 11.8 Å². The van der Waals surface area contributed by atoms with Crippen molar-refractivity contribution in [3.05, 3.63) is 78.9 Å². The molecule has 1 aliphatic heterocycles. The normalized spacial score (nSPS) is 16.0. The van der Waals surface area contributed by atoms with E-state index in [2.05, 4.69) is 30.8 Å². The van der Waals surface area contributed by atoms with Gasteiger partial charge in [-0.15, -0.1) is 0 Å². The minimum absolute atomic E-state index is 0.158. The van der Waals surface area contributed by atoms with E-state index in [0.717, 1.165) is 49.7 Å². The van der Waals surface area contributed by atoms with Gasteiger partial charge in [-0.25, -0.2) is 4.99 Å². The molecule has 0 bridgehead atoms. The first kappa shape index (κ1) is 23.7. The van der Waals surface area contributed by atoms with Gasteiger partial charge in [0.25, 0.3) is 5.91 Å². The second-order valence-electron chi connectivity index (χ2n) is 7.85. The first-order valence-electron chi connectivity index (χ1n) is 10.3. The van der Waals surface area contributed by atoms with Crippen molar-refractivity contribution < 1.29 is 9.53 Å². The Morgan fingerprint density at radius 3 is 2.48 bits per heavy atom. The third-order valence-electron chi connectivity index (χ3n) is 5.44. The Labute approximate surface area is 211 Å². The molecule has 0 spiro atoms. The summed E-state index contributed by atoms with van der Waals surface area (Å²) in [5, 5.41) is 4.07. The van der Waals surface area contributed by atoms with Crippen molar-refractivity contribution >= 4 is 62.1 Å². The van der Waals surface area contributed by atoms with Gasteiger partial charge in [0.1, 0.15) is 5.75 Å². The first-order chi connectivity index (χ1) is 15.7. The number of nitrogens with zero attached hydrogens (tertiary/aromatic N) is 2. The van der Waals surface area contributed by atoms with Crippen LogP contribution in [0.2, 0.25) is 5.02 Å². The molecule has 170 valence electrons. The summed E-state index contributed by atoms with van der Waals surface area (Å²) in [6.07, 6.45) is 1.90. The number of carbonyl (C=O) groups excluding carboxylic acids is 1. The number of benzene rings is 2. The Hall–Kier alpha value is -2.48. The number of halogens is 2. The fraction of sp³-hybridized carbons (Fsp3) is 0.200. The van der Waals surface area contributed by atoms with Gasteiger partial charge in [0.15, 0.2) is 5.17 Å². The Bertz CT molecular complexity index is 1320. The van der Waals surface area contributed by atoms with Gasteiger partial charge in [0.05, 0.1) is 23.4 Å². The molecule has 0 radical (unpaired) electrons. The number of hydrogen-bond donors (Lipinski definition) is 1. The number of rotatable bonds is 4. The Balaban J connectivity index is 1.68. The molecule has 1 saturated heterocycles. The summed E-state index contributed by atoms with van der Waals surface area (Å²) in [6, 6.07) is 11.6. The van der Waals surface area contributed by atoms with E-state index in [1.807, 2.05) is 64.1 Å². The number of carbonyl (C=O) groups is 1. The van der Waals surface area contributed by atoms with Gasteiger partial charge in [-0.1, -0.05) is 27.5 Å². The van der Waals surface area contributed by atoms with Crippen LogP contribution in [0.4, 0.5) is 5.69 Å². The maximum absolute atomic E-state index is 12.7. The van der Waals surface area contributed by atoms with Crippen molar-refractivity contribution in [2.45, 2.75) is 27.7 Å². The highest BCUT2D eigenvalue weighted by Gasteiger charge is 2.25. The van der Waals surface area contributed by atoms with Crippen LogP contribution in [0.5, 0.6) is 5.75 Å². The number of aromatic nitrogens is 1. The highest BCUT2D eigenvalue weighted by Crippen LogP contribution is 2.34. The van der Waals surface area contributed by atoms with E-state index in [1.54, 1.807) is 13.2 Å². The van der Waals surface area contributed by atoms with Crippen LogP contribution in [0, 0.1) is 27.7 Å². The quantitative estimate of drug-likeness (QED) is 0.359. The van der Waals surface area contributed by atoms with Crippen LogP contribution in [0.15, 0.2) is 50.8 Å². The van der Waals surface area contributed by atoms with Crippen molar-refractivity contribution in [3.8, 4) is 11.4 Å². The average molecular weight is 545 g/mol. The molecule has 0 atom stereocenters. The van der Waals surface area contributed by atoms with E-state index in [0.29, 0.717) is 15.1 Å². The molecule has 2 heterocycles. The van der Waals surface area contributed by atoms with Gasteiger partial charge in [0.2, 0.25) is 0 Å². The summed E-state index contributed by atoms with van der Waals surface area (Å²) in [5.74, 6) is 0.567. The molecule has 1 aromatic heterocycles. The lowest BCUT2D eigenvalue weighted by Crippen LogP contribution is -2.19. The van der Waals surface area contributed by atoms with E-state index < -0.39 is 0 Å². The lowest BCUT2D eigenvalue weighted by atomic mass is 10.1. The zero-order valence-corrected chi connectivity index (χ0v) is 22.1. The number of nitrogens with one attached hydrogen (secondary N) is 1. The van der Waals surface area contributed by atoms with Crippen LogP contribution >= 0.6 is 39.3 Å². The van der Waals surface area contributed by atoms with Gasteiger partial charge in [0, 0.05) is 20.9 Å². The van der Waals surface area contributed by atoms with E-state index in [1.165, 1.54) is 11.8 Å². The topological polar surface area (TPSA) is 55.6 Å². The van der Waals surface area contributed by atoms with Crippen molar-refractivity contribution in [2.24, 2.45) is 4.99 Å². The van der Waals surface area contributed by atoms with E-state index in [4.69, 9.17) is 16.3 Å². The lowest BCUT2D eigenvalue weighted by molar-refractivity contribution is -0.115. The first-order valence-corrected chi connectivity index (χ1v) is 12.3. The second kappa shape index (κ2) is 9.41. The summed E-state index contributed by atoms with van der Waals surface area (Å²) < 4.78 is 8.69. The minimum Gasteiger partial charge on any atom is -0.495 e. The van der Waals surface area contributed by atoms with E-state index >= 15 is 0 Å². The van der Waals surface area contributed by atoms with Crippen LogP contribution < -0.4 is 10.1 Å². The number of thioether (sulfide) groups is 1. The maximum Gasteiger partial charge on any atom is 0.264 e. The van der Waals surface area contributed by atoms with Crippen LogP contribution in [-0.4, -0.2) is 22.8 Å². The van der Waals surface area contributed by atoms with Crippen molar-refractivity contribution in [1.29, 1.82) is 0 Å². The van der Waals surface area contributed by atoms with E-state index in [9.17, 15) is 4.79 Å². The number of ether oxygens (including phenoxy) is 1. The number of aliphatic imine (C=N–C) groups is 1. The Kier molecular flexibility index (Phi) is 6.75. The second-order valence-corrected chi connectivity index (χ2v) is 10.1. The summed E-state index contributed by atoms with van der Waals surface area (Å²) in [6.45, 7) is 8.08. The maximum atomic E-state index is 12.7. The molecule has 2 aromatic carbocycles. The summed E-state index contributed by atoms with van der Waals surface area (Å²) in [7, 11) is 1.64. The smallest absolute Gasteiger partial charge is 0.264 e. The molecule has 33 heavy (non-hydrogen) atoms. The molecule has 4 rings (SSSR count). The van der Waals surface area contributed by atoms with Gasteiger partial charge in [-0.3, -0.25) is 4.79 Å². The Morgan fingerprint density at radius 1 is 1.12 bits per heavy atom. The number of amidine groups is 1. The fourth-order valence-electron chi connectivity index (χ4n) is 3.87. The number of methoxy groups -OCH3 is 1. The molecule has 1 aliphatic rings. The molecule has 5 nitrogen and oxygen atoms in total. The molecular weight excluding hydrogens is 522 g/mol. The van der Waals surface area contributed by atoms with Crippen LogP contribution in [0.1, 0.15) is 28.1 Å². The summed E-state index contributed by atoms with van der Waals surface area (Å²) >= 11 is 11.2. The number of hydrogen-bond acceptors (Lipinski definition) is 4. The SMILES string of the molecule is COc1ccc(Cl)cc1-n1c(C)cc(/C=C2\SC(=Nc3cc(C)c(Br)c(C)c3)NC2=O)c1C. The standard InChI is InChI=1S/C25H23BrClN3O2S/c1-13-8-19(9-14(2)23(13)26)28-25-29-24(31)22(33-25)11-17-10-15(3)30(16(17)4)20-12-18(27)6-7-21(20)32-5/h6-12H,1-5H3,(H,28,29,31)/b22-11-. The van der Waals surface area contributed by atoms with Crippen LogP contribution in [-0.2, 0) is 4.79 Å². The molecule has 3 aromatic rings. The zero-order valence-electron chi connectivity index (χ0n) is 18.9. The van der Waals surface area contributed by atoms with Gasteiger partial charge < -0.3 is 14.6 Å². The molecule has 1 N–H and O–H groups in total. The highest BCUT2D eigenvalue weighted by molar-refractivity contribution is 9.10. The zero-order chi connectivity index (χ0) is 23.9. The predicted octanol–water partition coefficient (Wildman–Crippen LogP) is 7.03. The molecule has 0 saturated carbocycles. The van der Waals surface area contributed by atoms with E-state index in [-0.39, 0.29) is 5.91 Å². The highest BCUT2D eigenvalue weighted by atomic mass is 79.9. The average Bonchev–Trinajstić information content (AvgIpc) is 3.24. The number of aryl methyl sites for hydroxylation is 3. The van der Waals surface area contributed by atoms with Crippen LogP contribution in [0.3, 0.4) is 0 Å². The minimum atomic E-state index is -0.158. The molecule has 8 heteroatoms. The largest absolute Gasteiger partial charge is 0.495 e. The third kappa shape index (κ3) is 4.76. The summed E-state index contributed by atoms with van der Waals surface area (Å²) in [5.41, 5.74) is 6.81. The lowest BCUT2D eigenvalue weighted by Gasteiger charge is -2.14. The van der Waals surface area contributed by atoms with Gasteiger partial charge in [-0.2, -0.15) is 0 Å². The monoisotopic (exact) mass is 543 g/mol.